The Kier molecular flexibility index (Phi) is 3.01. The maximum atomic E-state index is 4.25. The standard InChI is InChI=1S/C15H13N7/c1-4-16-5-2-10(1)7-12-8-11(9-17-12)14-15(21-22-20-14)13-3-6-18-19-13/h1-6,8-9,17H,7H2,(H,18,19)(H,20,21,22). The van der Waals surface area contributed by atoms with Gasteiger partial charge in [-0.1, -0.05) is 0 Å². The molecule has 4 aromatic heterocycles. The molecule has 7 heteroatoms. The van der Waals surface area contributed by atoms with E-state index in [1.807, 2.05) is 24.4 Å². The SMILES string of the molecule is c1cc(Cc2cc(-c3n[nH]nc3-c3ccn[nH]3)c[nH]2)ccn1. The molecule has 0 radical (unpaired) electrons. The van der Waals surface area contributed by atoms with Crippen LogP contribution < -0.4 is 0 Å². The van der Waals surface area contributed by atoms with E-state index in [0.29, 0.717) is 0 Å². The average Bonchev–Trinajstić information content (AvgIpc) is 3.29. The van der Waals surface area contributed by atoms with Crippen molar-refractivity contribution in [3.63, 3.8) is 0 Å². The normalized spacial score (nSPS) is 10.9. The van der Waals surface area contributed by atoms with Crippen molar-refractivity contribution in [2.45, 2.75) is 6.42 Å². The minimum atomic E-state index is 0.756. The topological polar surface area (TPSA) is 98.9 Å². The molecule has 0 saturated carbocycles. The second-order valence-corrected chi connectivity index (χ2v) is 4.94. The van der Waals surface area contributed by atoms with Crippen LogP contribution in [0.3, 0.4) is 0 Å². The summed E-state index contributed by atoms with van der Waals surface area (Å²) in [6, 6.07) is 7.96. The number of aromatic amines is 3. The minimum Gasteiger partial charge on any atom is -0.364 e. The molecule has 0 aliphatic heterocycles. The van der Waals surface area contributed by atoms with Gasteiger partial charge in [0.25, 0.3) is 0 Å². The predicted octanol–water partition coefficient (Wildman–Crippen LogP) is 2.18. The lowest BCUT2D eigenvalue weighted by atomic mass is 10.1. The molecule has 0 amide bonds. The van der Waals surface area contributed by atoms with E-state index in [0.717, 1.165) is 34.8 Å². The van der Waals surface area contributed by atoms with E-state index < -0.39 is 0 Å². The molecule has 7 nitrogen and oxygen atoms in total. The second-order valence-electron chi connectivity index (χ2n) is 4.94. The number of pyridine rings is 1. The lowest BCUT2D eigenvalue weighted by molar-refractivity contribution is 0.941. The fourth-order valence-electron chi connectivity index (χ4n) is 2.41. The Bertz CT molecular complexity index is 858. The van der Waals surface area contributed by atoms with Gasteiger partial charge in [-0.05, 0) is 29.8 Å². The Balaban J connectivity index is 1.64. The smallest absolute Gasteiger partial charge is 0.138 e. The molecule has 0 unspecified atom stereocenters. The summed E-state index contributed by atoms with van der Waals surface area (Å²) in [5.41, 5.74) is 5.69. The Morgan fingerprint density at radius 3 is 2.64 bits per heavy atom. The first kappa shape index (κ1) is 12.5. The van der Waals surface area contributed by atoms with Gasteiger partial charge in [-0.3, -0.25) is 10.1 Å². The van der Waals surface area contributed by atoms with Crippen LogP contribution in [0.1, 0.15) is 11.3 Å². The van der Waals surface area contributed by atoms with E-state index >= 15 is 0 Å². The third kappa shape index (κ3) is 2.28. The maximum absolute atomic E-state index is 4.25. The lowest BCUT2D eigenvalue weighted by Crippen LogP contribution is -1.87. The number of hydrogen-bond donors (Lipinski definition) is 3. The predicted molar refractivity (Wildman–Crippen MR) is 80.8 cm³/mol. The van der Waals surface area contributed by atoms with Gasteiger partial charge in [0.2, 0.25) is 0 Å². The zero-order valence-corrected chi connectivity index (χ0v) is 11.6. The molecule has 22 heavy (non-hydrogen) atoms. The van der Waals surface area contributed by atoms with Crippen molar-refractivity contribution in [2.75, 3.05) is 0 Å². The second kappa shape index (κ2) is 5.28. The van der Waals surface area contributed by atoms with Crippen molar-refractivity contribution in [3.8, 4) is 22.6 Å². The monoisotopic (exact) mass is 291 g/mol. The van der Waals surface area contributed by atoms with Gasteiger partial charge in [-0.25, -0.2) is 0 Å². The van der Waals surface area contributed by atoms with Crippen LogP contribution in [0.25, 0.3) is 22.6 Å². The van der Waals surface area contributed by atoms with Crippen LogP contribution in [-0.4, -0.2) is 35.6 Å². The third-order valence-electron chi connectivity index (χ3n) is 3.46. The zero-order chi connectivity index (χ0) is 14.8. The Labute approximate surface area is 125 Å². The zero-order valence-electron chi connectivity index (χ0n) is 11.6. The fraction of sp³-hybridized carbons (Fsp3) is 0.0667. The number of nitrogens with one attached hydrogen (secondary N) is 3. The summed E-state index contributed by atoms with van der Waals surface area (Å²) in [4.78, 5) is 7.32. The van der Waals surface area contributed by atoms with Gasteiger partial charge in [0.05, 0.1) is 5.69 Å². The number of hydrogen-bond acceptors (Lipinski definition) is 4. The summed E-state index contributed by atoms with van der Waals surface area (Å²) in [5, 5.41) is 18.0. The van der Waals surface area contributed by atoms with E-state index in [9.17, 15) is 0 Å². The molecule has 0 bridgehead atoms. The molecule has 4 aromatic rings. The highest BCUT2D eigenvalue weighted by Crippen LogP contribution is 2.27. The number of H-pyrrole nitrogens is 3. The number of nitrogens with zero attached hydrogens (tertiary/aromatic N) is 4. The number of aromatic nitrogens is 7. The van der Waals surface area contributed by atoms with Crippen molar-refractivity contribution in [1.82, 2.24) is 35.6 Å². The van der Waals surface area contributed by atoms with E-state index in [1.54, 1.807) is 18.6 Å². The maximum Gasteiger partial charge on any atom is 0.138 e. The molecule has 4 heterocycles. The van der Waals surface area contributed by atoms with Gasteiger partial charge in [-0.2, -0.15) is 20.5 Å². The van der Waals surface area contributed by atoms with E-state index in [4.69, 9.17) is 0 Å². The van der Waals surface area contributed by atoms with Crippen molar-refractivity contribution in [2.24, 2.45) is 0 Å². The lowest BCUT2D eigenvalue weighted by Gasteiger charge is -1.97. The molecule has 0 aliphatic carbocycles. The van der Waals surface area contributed by atoms with Crippen LogP contribution >= 0.6 is 0 Å². The summed E-state index contributed by atoms with van der Waals surface area (Å²) < 4.78 is 0. The van der Waals surface area contributed by atoms with Crippen molar-refractivity contribution >= 4 is 0 Å². The van der Waals surface area contributed by atoms with Crippen molar-refractivity contribution in [1.29, 1.82) is 0 Å². The van der Waals surface area contributed by atoms with Gasteiger partial charge in [0, 0.05) is 42.5 Å². The summed E-state index contributed by atoms with van der Waals surface area (Å²) in [7, 11) is 0. The molecule has 0 spiro atoms. The van der Waals surface area contributed by atoms with Gasteiger partial charge < -0.3 is 4.98 Å². The molecule has 0 saturated heterocycles. The van der Waals surface area contributed by atoms with E-state index in [2.05, 4.69) is 41.6 Å². The van der Waals surface area contributed by atoms with Crippen LogP contribution in [0.5, 0.6) is 0 Å². The summed E-state index contributed by atoms with van der Waals surface area (Å²) >= 11 is 0. The largest absolute Gasteiger partial charge is 0.364 e. The van der Waals surface area contributed by atoms with Crippen molar-refractivity contribution in [3.05, 3.63) is 60.3 Å². The highest BCUT2D eigenvalue weighted by Gasteiger charge is 2.14. The molecule has 3 N–H and O–H groups in total. The summed E-state index contributed by atoms with van der Waals surface area (Å²) in [6.45, 7) is 0. The average molecular weight is 291 g/mol. The third-order valence-corrected chi connectivity index (χ3v) is 3.46. The molecule has 108 valence electrons. The molecule has 0 fully saturated rings. The van der Waals surface area contributed by atoms with Crippen LogP contribution in [0, 0.1) is 0 Å². The van der Waals surface area contributed by atoms with E-state index in [-0.39, 0.29) is 0 Å². The van der Waals surface area contributed by atoms with Gasteiger partial charge in [0.15, 0.2) is 0 Å². The molecular formula is C15H13N7. The van der Waals surface area contributed by atoms with Gasteiger partial charge in [-0.15, -0.1) is 0 Å². The summed E-state index contributed by atoms with van der Waals surface area (Å²) in [5.74, 6) is 0. The minimum absolute atomic E-state index is 0.756. The van der Waals surface area contributed by atoms with Crippen LogP contribution in [-0.2, 0) is 6.42 Å². The van der Waals surface area contributed by atoms with Crippen LogP contribution in [0.15, 0.2) is 49.1 Å². The quantitative estimate of drug-likeness (QED) is 0.536. The Morgan fingerprint density at radius 1 is 0.955 bits per heavy atom. The first-order chi connectivity index (χ1) is 10.9. The highest BCUT2D eigenvalue weighted by atomic mass is 15.3. The molecular weight excluding hydrogens is 278 g/mol. The van der Waals surface area contributed by atoms with E-state index in [1.165, 1.54) is 5.56 Å². The van der Waals surface area contributed by atoms with Gasteiger partial charge >= 0.3 is 0 Å². The van der Waals surface area contributed by atoms with Crippen LogP contribution in [0.4, 0.5) is 0 Å². The van der Waals surface area contributed by atoms with Crippen molar-refractivity contribution < 1.29 is 0 Å². The number of rotatable bonds is 4. The molecule has 0 aliphatic rings. The Morgan fingerprint density at radius 2 is 1.82 bits per heavy atom. The van der Waals surface area contributed by atoms with Crippen LogP contribution in [0.2, 0.25) is 0 Å². The molecule has 0 atom stereocenters. The highest BCUT2D eigenvalue weighted by molar-refractivity contribution is 5.75. The first-order valence-corrected chi connectivity index (χ1v) is 6.87. The Hall–Kier alpha value is -3.22. The summed E-state index contributed by atoms with van der Waals surface area (Å²) in [6.07, 6.45) is 8.05. The molecule has 0 aromatic carbocycles. The first-order valence-electron chi connectivity index (χ1n) is 6.87. The molecule has 4 rings (SSSR count). The van der Waals surface area contributed by atoms with Gasteiger partial charge in [0.1, 0.15) is 11.4 Å². The fourth-order valence-corrected chi connectivity index (χ4v) is 2.41.